The van der Waals surface area contributed by atoms with Gasteiger partial charge < -0.3 is 4.52 Å². The van der Waals surface area contributed by atoms with Crippen molar-refractivity contribution in [2.24, 2.45) is 0 Å². The van der Waals surface area contributed by atoms with E-state index in [2.05, 4.69) is 16.2 Å². The molecule has 0 amide bonds. The third-order valence-corrected chi connectivity index (χ3v) is 3.30. The van der Waals surface area contributed by atoms with Gasteiger partial charge in [0, 0.05) is 4.70 Å². The maximum atomic E-state index is 5.60. The lowest BCUT2D eigenvalue weighted by atomic mass is 10.2. The van der Waals surface area contributed by atoms with Crippen molar-refractivity contribution in [3.05, 3.63) is 35.6 Å². The average Bonchev–Trinajstić information content (AvgIpc) is 2.82. The number of halogens is 1. The fourth-order valence-corrected chi connectivity index (χ4v) is 2.49. The summed E-state index contributed by atoms with van der Waals surface area (Å²) in [7, 11) is 0. The summed E-state index contributed by atoms with van der Waals surface area (Å²) in [5.74, 6) is 0.473. The fraction of sp³-hybridized carbons (Fsp3) is 0. The van der Waals surface area contributed by atoms with Gasteiger partial charge in [0.2, 0.25) is 0 Å². The normalized spacial score (nSPS) is 11.0. The van der Waals surface area contributed by atoms with E-state index < -0.39 is 0 Å². The Bertz CT molecular complexity index is 583. The van der Waals surface area contributed by atoms with Gasteiger partial charge >= 0.3 is 0 Å². The van der Waals surface area contributed by atoms with Crippen LogP contribution in [0.5, 0.6) is 0 Å². The van der Waals surface area contributed by atoms with E-state index in [9.17, 15) is 0 Å². The van der Waals surface area contributed by atoms with E-state index in [1.807, 2.05) is 24.3 Å². The maximum Gasteiger partial charge on any atom is 0.269 e. The fourth-order valence-electron chi connectivity index (χ4n) is 1.39. The van der Waals surface area contributed by atoms with Gasteiger partial charge in [0.05, 0.1) is 4.88 Å². The number of rotatable bonds is 1. The summed E-state index contributed by atoms with van der Waals surface area (Å²) in [5, 5.41) is 4.86. The number of thiophene rings is 1. The summed E-state index contributed by atoms with van der Waals surface area (Å²) in [6.07, 6.45) is 0. The highest BCUT2D eigenvalue weighted by Crippen LogP contribution is 2.32. The molecule has 0 radical (unpaired) electrons. The van der Waals surface area contributed by atoms with Gasteiger partial charge in [-0.3, -0.25) is 0 Å². The lowest BCUT2D eigenvalue weighted by molar-refractivity contribution is 0.431. The van der Waals surface area contributed by atoms with Crippen molar-refractivity contribution in [3.63, 3.8) is 0 Å². The number of nitrogens with zero attached hydrogens (tertiary/aromatic N) is 2. The van der Waals surface area contributed by atoms with Crippen molar-refractivity contribution in [1.82, 2.24) is 10.1 Å². The third-order valence-electron chi connectivity index (χ3n) is 2.04. The topological polar surface area (TPSA) is 38.9 Å². The van der Waals surface area contributed by atoms with Crippen LogP contribution in [0.4, 0.5) is 0 Å². The van der Waals surface area contributed by atoms with Gasteiger partial charge in [0.15, 0.2) is 0 Å². The van der Waals surface area contributed by atoms with E-state index in [1.54, 1.807) is 11.3 Å². The molecule has 0 fully saturated rings. The van der Waals surface area contributed by atoms with Crippen LogP contribution in [0.15, 0.2) is 34.9 Å². The molecule has 3 nitrogen and oxygen atoms in total. The van der Waals surface area contributed by atoms with Crippen LogP contribution in [0, 0.1) is 0 Å². The molecule has 0 aliphatic heterocycles. The number of fused-ring (bicyclic) bond motifs is 1. The Kier molecular flexibility index (Phi) is 1.97. The number of hydrogen-bond acceptors (Lipinski definition) is 4. The van der Waals surface area contributed by atoms with Crippen molar-refractivity contribution in [2.75, 3.05) is 0 Å². The molecule has 2 heterocycles. The Labute approximate surface area is 94.3 Å². The van der Waals surface area contributed by atoms with Crippen LogP contribution >= 0.6 is 22.9 Å². The second kappa shape index (κ2) is 3.32. The minimum Gasteiger partial charge on any atom is -0.332 e. The number of hydrogen-bond donors (Lipinski definition) is 0. The van der Waals surface area contributed by atoms with Crippen LogP contribution in [0.3, 0.4) is 0 Å². The molecule has 0 saturated heterocycles. The Hall–Kier alpha value is -1.39. The molecular formula is C10H5ClN2OS. The van der Waals surface area contributed by atoms with Gasteiger partial charge in [-0.2, -0.15) is 4.98 Å². The van der Waals surface area contributed by atoms with Crippen molar-refractivity contribution >= 4 is 33.0 Å². The molecule has 1 aromatic carbocycles. The second-order valence-corrected chi connectivity index (χ2v) is 4.44. The van der Waals surface area contributed by atoms with Crippen molar-refractivity contribution < 1.29 is 4.52 Å². The Morgan fingerprint density at radius 3 is 2.87 bits per heavy atom. The molecule has 0 spiro atoms. The third kappa shape index (κ3) is 1.52. The van der Waals surface area contributed by atoms with Crippen LogP contribution in [-0.4, -0.2) is 10.1 Å². The Balaban J connectivity index is 2.19. The Morgan fingerprint density at radius 2 is 2.13 bits per heavy atom. The highest BCUT2D eigenvalue weighted by Gasteiger charge is 2.10. The summed E-state index contributed by atoms with van der Waals surface area (Å²) < 4.78 is 6.19. The molecule has 0 aliphatic rings. The molecule has 74 valence electrons. The quantitative estimate of drug-likeness (QED) is 0.648. The zero-order chi connectivity index (χ0) is 10.3. The van der Waals surface area contributed by atoms with Gasteiger partial charge in [0.1, 0.15) is 0 Å². The molecule has 3 rings (SSSR count). The largest absolute Gasteiger partial charge is 0.332 e. The zero-order valence-electron chi connectivity index (χ0n) is 7.48. The molecule has 3 aromatic rings. The van der Waals surface area contributed by atoms with E-state index in [-0.39, 0.29) is 5.28 Å². The molecule has 0 bridgehead atoms. The maximum absolute atomic E-state index is 5.60. The van der Waals surface area contributed by atoms with E-state index >= 15 is 0 Å². The molecule has 2 aromatic heterocycles. The molecule has 0 saturated carbocycles. The summed E-state index contributed by atoms with van der Waals surface area (Å²) in [4.78, 5) is 4.91. The molecule has 0 aliphatic carbocycles. The van der Waals surface area contributed by atoms with Gasteiger partial charge in [-0.05, 0) is 34.3 Å². The number of benzene rings is 1. The minimum absolute atomic E-state index is 0.141. The van der Waals surface area contributed by atoms with Crippen LogP contribution < -0.4 is 0 Å². The van der Waals surface area contributed by atoms with E-state index in [0.29, 0.717) is 5.89 Å². The molecule has 0 N–H and O–H groups in total. The molecule has 0 atom stereocenters. The van der Waals surface area contributed by atoms with Crippen LogP contribution in [0.1, 0.15) is 0 Å². The molecular weight excluding hydrogens is 232 g/mol. The van der Waals surface area contributed by atoms with Crippen LogP contribution in [-0.2, 0) is 0 Å². The van der Waals surface area contributed by atoms with Crippen molar-refractivity contribution in [1.29, 1.82) is 0 Å². The highest BCUT2D eigenvalue weighted by atomic mass is 35.5. The van der Waals surface area contributed by atoms with Crippen molar-refractivity contribution in [2.45, 2.75) is 0 Å². The van der Waals surface area contributed by atoms with E-state index in [4.69, 9.17) is 16.1 Å². The van der Waals surface area contributed by atoms with Crippen LogP contribution in [0.2, 0.25) is 5.28 Å². The molecule has 5 heteroatoms. The minimum atomic E-state index is 0.141. The summed E-state index contributed by atoms with van der Waals surface area (Å²) in [5.41, 5.74) is 0. The highest BCUT2D eigenvalue weighted by molar-refractivity contribution is 7.22. The predicted molar refractivity (Wildman–Crippen MR) is 60.1 cm³/mol. The first-order valence-corrected chi connectivity index (χ1v) is 5.50. The van der Waals surface area contributed by atoms with Gasteiger partial charge in [-0.15, -0.1) is 11.3 Å². The van der Waals surface area contributed by atoms with Gasteiger partial charge in [-0.1, -0.05) is 18.2 Å². The summed E-state index contributed by atoms with van der Waals surface area (Å²) in [6.45, 7) is 0. The molecule has 0 unspecified atom stereocenters. The van der Waals surface area contributed by atoms with E-state index in [1.165, 1.54) is 10.1 Å². The van der Waals surface area contributed by atoms with Crippen LogP contribution in [0.25, 0.3) is 20.9 Å². The SMILES string of the molecule is Clc1noc(-c2cc3ccccc3s2)n1. The van der Waals surface area contributed by atoms with Gasteiger partial charge in [-0.25, -0.2) is 0 Å². The first-order valence-electron chi connectivity index (χ1n) is 4.31. The predicted octanol–water partition coefficient (Wildman–Crippen LogP) is 3.60. The number of aromatic nitrogens is 2. The van der Waals surface area contributed by atoms with Crippen molar-refractivity contribution in [3.8, 4) is 10.8 Å². The lowest BCUT2D eigenvalue weighted by Crippen LogP contribution is -1.68. The first kappa shape index (κ1) is 8.88. The average molecular weight is 237 g/mol. The zero-order valence-corrected chi connectivity index (χ0v) is 9.05. The monoisotopic (exact) mass is 236 g/mol. The standard InChI is InChI=1S/C10H5ClN2OS/c11-10-12-9(14-13-10)8-5-6-3-1-2-4-7(6)15-8/h1-5H. The lowest BCUT2D eigenvalue weighted by Gasteiger charge is -1.82. The Morgan fingerprint density at radius 1 is 1.27 bits per heavy atom. The summed E-state index contributed by atoms with van der Waals surface area (Å²) >= 11 is 7.21. The second-order valence-electron chi connectivity index (χ2n) is 3.02. The first-order chi connectivity index (χ1) is 7.33. The summed E-state index contributed by atoms with van der Waals surface area (Å²) in [6, 6.07) is 10.1. The van der Waals surface area contributed by atoms with Gasteiger partial charge in [0.25, 0.3) is 11.2 Å². The molecule has 15 heavy (non-hydrogen) atoms. The smallest absolute Gasteiger partial charge is 0.269 e. The van der Waals surface area contributed by atoms with E-state index in [0.717, 1.165) is 4.88 Å².